The van der Waals surface area contributed by atoms with E-state index in [-0.39, 0.29) is 0 Å². The quantitative estimate of drug-likeness (QED) is 0.872. The third-order valence-corrected chi connectivity index (χ3v) is 4.36. The summed E-state index contributed by atoms with van der Waals surface area (Å²) in [6.07, 6.45) is 5.25. The summed E-state index contributed by atoms with van der Waals surface area (Å²) in [6.45, 7) is 2.26. The highest BCUT2D eigenvalue weighted by molar-refractivity contribution is 5.24. The van der Waals surface area contributed by atoms with Crippen molar-refractivity contribution in [2.45, 2.75) is 38.3 Å². The standard InChI is InChI=1S/C17H17F2N3/c18-14-4-1-11(7-15(14)19)9-22-6-5-16-13(10-22)8-20-17(21-16)12-2-3-12/h1,4,7-8,12H,2-3,5-6,9-10H2. The van der Waals surface area contributed by atoms with Crippen LogP contribution in [0.5, 0.6) is 0 Å². The molecule has 0 atom stereocenters. The Bertz CT molecular complexity index is 713. The van der Waals surface area contributed by atoms with E-state index in [9.17, 15) is 8.78 Å². The first-order valence-corrected chi connectivity index (χ1v) is 7.70. The second-order valence-corrected chi connectivity index (χ2v) is 6.18. The number of fused-ring (bicyclic) bond motifs is 1. The molecule has 114 valence electrons. The molecule has 1 aromatic carbocycles. The molecule has 4 rings (SSSR count). The number of halogens is 2. The van der Waals surface area contributed by atoms with Gasteiger partial charge in [-0.15, -0.1) is 0 Å². The average Bonchev–Trinajstić information content (AvgIpc) is 3.35. The number of nitrogens with zero attached hydrogens (tertiary/aromatic N) is 3. The summed E-state index contributed by atoms with van der Waals surface area (Å²) in [5, 5.41) is 0. The molecule has 0 bridgehead atoms. The minimum Gasteiger partial charge on any atom is -0.294 e. The van der Waals surface area contributed by atoms with Gasteiger partial charge in [-0.1, -0.05) is 6.07 Å². The van der Waals surface area contributed by atoms with Gasteiger partial charge in [0.1, 0.15) is 5.82 Å². The summed E-state index contributed by atoms with van der Waals surface area (Å²) in [5.41, 5.74) is 3.09. The van der Waals surface area contributed by atoms with E-state index in [1.165, 1.54) is 25.0 Å². The zero-order valence-electron chi connectivity index (χ0n) is 12.2. The van der Waals surface area contributed by atoms with Crippen LogP contribution in [0.3, 0.4) is 0 Å². The van der Waals surface area contributed by atoms with Crippen LogP contribution in [0.25, 0.3) is 0 Å². The van der Waals surface area contributed by atoms with Gasteiger partial charge in [0, 0.05) is 49.4 Å². The van der Waals surface area contributed by atoms with E-state index < -0.39 is 11.6 Å². The zero-order valence-corrected chi connectivity index (χ0v) is 12.2. The van der Waals surface area contributed by atoms with E-state index in [1.54, 1.807) is 6.07 Å². The minimum absolute atomic E-state index is 0.575. The molecule has 0 saturated heterocycles. The first-order chi connectivity index (χ1) is 10.7. The van der Waals surface area contributed by atoms with Gasteiger partial charge in [0.25, 0.3) is 0 Å². The molecule has 0 amide bonds. The highest BCUT2D eigenvalue weighted by Crippen LogP contribution is 2.38. The molecule has 1 aliphatic heterocycles. The van der Waals surface area contributed by atoms with E-state index in [1.807, 2.05) is 6.20 Å². The molecule has 1 aliphatic carbocycles. The van der Waals surface area contributed by atoms with Crippen LogP contribution in [0.15, 0.2) is 24.4 Å². The van der Waals surface area contributed by atoms with Crippen LogP contribution in [0, 0.1) is 11.6 Å². The van der Waals surface area contributed by atoms with Gasteiger partial charge in [0.15, 0.2) is 11.6 Å². The summed E-state index contributed by atoms with van der Waals surface area (Å²) in [4.78, 5) is 11.4. The fraction of sp³-hybridized carbons (Fsp3) is 0.412. The third-order valence-electron chi connectivity index (χ3n) is 4.36. The Kier molecular flexibility index (Phi) is 3.37. The first kappa shape index (κ1) is 13.8. The van der Waals surface area contributed by atoms with Gasteiger partial charge in [-0.25, -0.2) is 18.7 Å². The molecule has 1 fully saturated rings. The van der Waals surface area contributed by atoms with Crippen molar-refractivity contribution in [2.24, 2.45) is 0 Å². The number of hydrogen-bond acceptors (Lipinski definition) is 3. The van der Waals surface area contributed by atoms with Gasteiger partial charge in [0.2, 0.25) is 0 Å². The molecule has 0 unspecified atom stereocenters. The fourth-order valence-corrected chi connectivity index (χ4v) is 2.96. The van der Waals surface area contributed by atoms with E-state index in [4.69, 9.17) is 4.98 Å². The van der Waals surface area contributed by atoms with Gasteiger partial charge in [-0.2, -0.15) is 0 Å². The van der Waals surface area contributed by atoms with Crippen LogP contribution in [0.4, 0.5) is 8.78 Å². The van der Waals surface area contributed by atoms with E-state index in [0.717, 1.165) is 42.2 Å². The maximum Gasteiger partial charge on any atom is 0.159 e. The molecule has 3 nitrogen and oxygen atoms in total. The molecule has 1 aromatic heterocycles. The topological polar surface area (TPSA) is 29.0 Å². The molecule has 2 aromatic rings. The molecule has 0 spiro atoms. The van der Waals surface area contributed by atoms with Crippen molar-refractivity contribution in [1.29, 1.82) is 0 Å². The molecule has 22 heavy (non-hydrogen) atoms. The second kappa shape index (κ2) is 5.39. The van der Waals surface area contributed by atoms with Crippen molar-refractivity contribution in [3.05, 3.63) is 58.7 Å². The lowest BCUT2D eigenvalue weighted by Crippen LogP contribution is -2.31. The van der Waals surface area contributed by atoms with Crippen molar-refractivity contribution in [2.75, 3.05) is 6.54 Å². The highest BCUT2D eigenvalue weighted by atomic mass is 19.2. The first-order valence-electron chi connectivity index (χ1n) is 7.70. The molecular formula is C17H17F2N3. The Balaban J connectivity index is 1.48. The lowest BCUT2D eigenvalue weighted by molar-refractivity contribution is 0.242. The van der Waals surface area contributed by atoms with Crippen LogP contribution in [-0.4, -0.2) is 21.4 Å². The van der Waals surface area contributed by atoms with Crippen LogP contribution in [0.1, 0.15) is 41.4 Å². The number of benzene rings is 1. The monoisotopic (exact) mass is 301 g/mol. The lowest BCUT2D eigenvalue weighted by Gasteiger charge is -2.28. The van der Waals surface area contributed by atoms with Crippen LogP contribution in [0.2, 0.25) is 0 Å². The van der Waals surface area contributed by atoms with Gasteiger partial charge in [0.05, 0.1) is 0 Å². The van der Waals surface area contributed by atoms with Crippen molar-refractivity contribution in [1.82, 2.24) is 14.9 Å². The molecule has 0 N–H and O–H groups in total. The number of aromatic nitrogens is 2. The van der Waals surface area contributed by atoms with E-state index in [0.29, 0.717) is 12.5 Å². The van der Waals surface area contributed by atoms with Crippen LogP contribution >= 0.6 is 0 Å². The highest BCUT2D eigenvalue weighted by Gasteiger charge is 2.28. The van der Waals surface area contributed by atoms with Crippen molar-refractivity contribution >= 4 is 0 Å². The van der Waals surface area contributed by atoms with Gasteiger partial charge in [-0.3, -0.25) is 4.90 Å². The predicted molar refractivity (Wildman–Crippen MR) is 78.2 cm³/mol. The van der Waals surface area contributed by atoms with Crippen LogP contribution in [-0.2, 0) is 19.5 Å². The predicted octanol–water partition coefficient (Wildman–Crippen LogP) is 3.19. The second-order valence-electron chi connectivity index (χ2n) is 6.18. The molecule has 0 radical (unpaired) electrons. The van der Waals surface area contributed by atoms with Gasteiger partial charge < -0.3 is 0 Å². The Labute approximate surface area is 128 Å². The summed E-state index contributed by atoms with van der Waals surface area (Å²) < 4.78 is 26.3. The minimum atomic E-state index is -0.797. The number of hydrogen-bond donors (Lipinski definition) is 0. The van der Waals surface area contributed by atoms with Crippen molar-refractivity contribution in [3.63, 3.8) is 0 Å². The Morgan fingerprint density at radius 1 is 1.18 bits per heavy atom. The van der Waals surface area contributed by atoms with E-state index in [2.05, 4.69) is 9.88 Å². The average molecular weight is 301 g/mol. The summed E-state index contributed by atoms with van der Waals surface area (Å²) in [5.74, 6) is -0.0145. The maximum absolute atomic E-state index is 13.3. The van der Waals surface area contributed by atoms with Crippen LogP contribution < -0.4 is 0 Å². The smallest absolute Gasteiger partial charge is 0.159 e. The summed E-state index contributed by atoms with van der Waals surface area (Å²) in [6, 6.07) is 4.10. The molecule has 2 heterocycles. The summed E-state index contributed by atoms with van der Waals surface area (Å²) in [7, 11) is 0. The Morgan fingerprint density at radius 3 is 2.82 bits per heavy atom. The molecular weight excluding hydrogens is 284 g/mol. The molecule has 5 heteroatoms. The van der Waals surface area contributed by atoms with Gasteiger partial charge in [-0.05, 0) is 30.5 Å². The van der Waals surface area contributed by atoms with Crippen molar-refractivity contribution in [3.8, 4) is 0 Å². The zero-order chi connectivity index (χ0) is 15.1. The molecule has 1 saturated carbocycles. The normalized spacial score (nSPS) is 18.3. The largest absolute Gasteiger partial charge is 0.294 e. The molecule has 2 aliphatic rings. The third kappa shape index (κ3) is 2.73. The number of rotatable bonds is 3. The summed E-state index contributed by atoms with van der Waals surface area (Å²) >= 11 is 0. The Hall–Kier alpha value is -1.88. The lowest BCUT2D eigenvalue weighted by atomic mass is 10.1. The van der Waals surface area contributed by atoms with E-state index >= 15 is 0 Å². The fourth-order valence-electron chi connectivity index (χ4n) is 2.96. The SMILES string of the molecule is Fc1ccc(CN2CCc3nc(C4CC4)ncc3C2)cc1F. The van der Waals surface area contributed by atoms with Crippen molar-refractivity contribution < 1.29 is 8.78 Å². The maximum atomic E-state index is 13.3. The van der Waals surface area contributed by atoms with Gasteiger partial charge >= 0.3 is 0 Å². The Morgan fingerprint density at radius 2 is 2.05 bits per heavy atom.